The molecule has 2 aromatic rings. The molecule has 0 aliphatic rings. The largest absolute Gasteiger partial charge is 0.370 e. The molecule has 1 N–H and O–H groups in total. The second-order valence-electron chi connectivity index (χ2n) is 4.60. The van der Waals surface area contributed by atoms with Crippen LogP contribution >= 0.6 is 0 Å². The molecular weight excluding hydrogens is 238 g/mol. The van der Waals surface area contributed by atoms with Gasteiger partial charge in [-0.3, -0.25) is 0 Å². The van der Waals surface area contributed by atoms with Gasteiger partial charge in [0.1, 0.15) is 11.6 Å². The predicted octanol–water partition coefficient (Wildman–Crippen LogP) is 2.58. The van der Waals surface area contributed by atoms with E-state index >= 15 is 0 Å². The Balaban J connectivity index is 2.52. The summed E-state index contributed by atoms with van der Waals surface area (Å²) in [5.41, 5.74) is 3.52. The Hall–Kier alpha value is -1.91. The third kappa shape index (κ3) is 2.59. The van der Waals surface area contributed by atoms with Crippen LogP contribution in [0, 0.1) is 20.8 Å². The molecule has 0 saturated heterocycles. The number of nitrogens with one attached hydrogen (secondary N) is 1. The van der Waals surface area contributed by atoms with Crippen LogP contribution in [0.2, 0.25) is 0 Å². The number of aryl methyl sites for hydroxylation is 2. The summed E-state index contributed by atoms with van der Waals surface area (Å²) in [5.74, 6) is 2.42. The van der Waals surface area contributed by atoms with E-state index in [0.717, 1.165) is 41.8 Å². The van der Waals surface area contributed by atoms with Gasteiger partial charge in [0.25, 0.3) is 0 Å². The van der Waals surface area contributed by atoms with Crippen molar-refractivity contribution in [2.24, 2.45) is 0 Å². The van der Waals surface area contributed by atoms with Crippen molar-refractivity contribution in [1.82, 2.24) is 19.7 Å². The molecule has 0 saturated carbocycles. The van der Waals surface area contributed by atoms with E-state index in [-0.39, 0.29) is 0 Å². The minimum absolute atomic E-state index is 0.749. The maximum Gasteiger partial charge on any atom is 0.159 e. The standard InChI is InChI=1S/C14H21N5/c1-6-12-9(3)18-19(10(12)4)14-8-13(15-7-2)16-11(5)17-14/h8H,6-7H2,1-5H3,(H,15,16,17). The highest BCUT2D eigenvalue weighted by molar-refractivity contribution is 5.43. The normalized spacial score (nSPS) is 10.8. The van der Waals surface area contributed by atoms with E-state index in [1.165, 1.54) is 5.56 Å². The summed E-state index contributed by atoms with van der Waals surface area (Å²) < 4.78 is 1.91. The predicted molar refractivity (Wildman–Crippen MR) is 76.9 cm³/mol. The minimum atomic E-state index is 0.749. The fourth-order valence-corrected chi connectivity index (χ4v) is 2.34. The zero-order valence-corrected chi connectivity index (χ0v) is 12.3. The lowest BCUT2D eigenvalue weighted by Gasteiger charge is -2.08. The molecule has 0 aliphatic carbocycles. The summed E-state index contributed by atoms with van der Waals surface area (Å²) in [6.45, 7) is 11.1. The van der Waals surface area contributed by atoms with Crippen molar-refractivity contribution < 1.29 is 0 Å². The average Bonchev–Trinajstić information content (AvgIpc) is 2.64. The molecule has 0 amide bonds. The Labute approximate surface area is 114 Å². The molecular formula is C14H21N5. The number of hydrogen-bond donors (Lipinski definition) is 1. The van der Waals surface area contributed by atoms with E-state index < -0.39 is 0 Å². The molecule has 5 heteroatoms. The van der Waals surface area contributed by atoms with Crippen LogP contribution in [0.3, 0.4) is 0 Å². The summed E-state index contributed by atoms with van der Waals surface area (Å²) in [4.78, 5) is 8.85. The lowest BCUT2D eigenvalue weighted by Crippen LogP contribution is -2.08. The molecule has 19 heavy (non-hydrogen) atoms. The first-order valence-electron chi connectivity index (χ1n) is 6.71. The van der Waals surface area contributed by atoms with Crippen molar-refractivity contribution in [3.63, 3.8) is 0 Å². The van der Waals surface area contributed by atoms with Gasteiger partial charge in [-0.1, -0.05) is 6.92 Å². The fraction of sp³-hybridized carbons (Fsp3) is 0.500. The first-order valence-corrected chi connectivity index (χ1v) is 6.71. The summed E-state index contributed by atoms with van der Waals surface area (Å²) in [6.07, 6.45) is 0.988. The lowest BCUT2D eigenvalue weighted by molar-refractivity contribution is 0.792. The molecule has 0 atom stereocenters. The second kappa shape index (κ2) is 5.38. The van der Waals surface area contributed by atoms with Crippen molar-refractivity contribution in [3.05, 3.63) is 28.8 Å². The van der Waals surface area contributed by atoms with Crippen molar-refractivity contribution in [1.29, 1.82) is 0 Å². The van der Waals surface area contributed by atoms with Crippen molar-refractivity contribution in [2.75, 3.05) is 11.9 Å². The van der Waals surface area contributed by atoms with Crippen LogP contribution in [-0.4, -0.2) is 26.3 Å². The maximum atomic E-state index is 4.59. The Morgan fingerprint density at radius 3 is 2.47 bits per heavy atom. The number of rotatable bonds is 4. The number of anilines is 1. The molecule has 0 unspecified atom stereocenters. The average molecular weight is 259 g/mol. The highest BCUT2D eigenvalue weighted by Crippen LogP contribution is 2.18. The van der Waals surface area contributed by atoms with Crippen molar-refractivity contribution in [3.8, 4) is 5.82 Å². The third-order valence-corrected chi connectivity index (χ3v) is 3.19. The van der Waals surface area contributed by atoms with Crippen molar-refractivity contribution in [2.45, 2.75) is 41.0 Å². The molecule has 2 rings (SSSR count). The summed E-state index contributed by atoms with van der Waals surface area (Å²) in [6, 6.07) is 1.94. The fourth-order valence-electron chi connectivity index (χ4n) is 2.34. The lowest BCUT2D eigenvalue weighted by atomic mass is 10.1. The summed E-state index contributed by atoms with van der Waals surface area (Å²) in [5, 5.41) is 7.81. The highest BCUT2D eigenvalue weighted by Gasteiger charge is 2.13. The van der Waals surface area contributed by atoms with Crippen molar-refractivity contribution >= 4 is 5.82 Å². The Bertz CT molecular complexity index is 586. The number of hydrogen-bond acceptors (Lipinski definition) is 4. The molecule has 0 aliphatic heterocycles. The second-order valence-corrected chi connectivity index (χ2v) is 4.60. The molecule has 0 spiro atoms. The summed E-state index contributed by atoms with van der Waals surface area (Å²) >= 11 is 0. The van der Waals surface area contributed by atoms with Crippen LogP contribution in [0.15, 0.2) is 6.07 Å². The topological polar surface area (TPSA) is 55.6 Å². The van der Waals surface area contributed by atoms with E-state index in [9.17, 15) is 0 Å². The van der Waals surface area contributed by atoms with E-state index in [1.807, 2.05) is 24.6 Å². The van der Waals surface area contributed by atoms with Crippen LogP contribution < -0.4 is 5.32 Å². The van der Waals surface area contributed by atoms with Crippen LogP contribution in [0.4, 0.5) is 5.82 Å². The highest BCUT2D eigenvalue weighted by atomic mass is 15.3. The van der Waals surface area contributed by atoms with Gasteiger partial charge in [0.15, 0.2) is 5.82 Å². The molecule has 2 aromatic heterocycles. The number of nitrogens with zero attached hydrogens (tertiary/aromatic N) is 4. The van der Waals surface area contributed by atoms with E-state index in [0.29, 0.717) is 0 Å². The first kappa shape index (κ1) is 13.5. The van der Waals surface area contributed by atoms with Gasteiger partial charge >= 0.3 is 0 Å². The third-order valence-electron chi connectivity index (χ3n) is 3.19. The van der Waals surface area contributed by atoms with Crippen LogP contribution in [0.25, 0.3) is 5.82 Å². The molecule has 102 valence electrons. The quantitative estimate of drug-likeness (QED) is 0.917. The first-order chi connectivity index (χ1) is 9.06. The van der Waals surface area contributed by atoms with Crippen LogP contribution in [0.1, 0.15) is 36.6 Å². The van der Waals surface area contributed by atoms with Gasteiger partial charge < -0.3 is 5.32 Å². The Kier molecular flexibility index (Phi) is 3.83. The minimum Gasteiger partial charge on any atom is -0.370 e. The van der Waals surface area contributed by atoms with Gasteiger partial charge in [-0.2, -0.15) is 5.10 Å². The van der Waals surface area contributed by atoms with Gasteiger partial charge in [-0.15, -0.1) is 0 Å². The van der Waals surface area contributed by atoms with E-state index in [2.05, 4.69) is 41.2 Å². The van der Waals surface area contributed by atoms with Gasteiger partial charge in [-0.25, -0.2) is 14.6 Å². The smallest absolute Gasteiger partial charge is 0.159 e. The van der Waals surface area contributed by atoms with Gasteiger partial charge in [0.2, 0.25) is 0 Å². The van der Waals surface area contributed by atoms with Crippen LogP contribution in [0.5, 0.6) is 0 Å². The van der Waals surface area contributed by atoms with E-state index in [4.69, 9.17) is 0 Å². The zero-order valence-electron chi connectivity index (χ0n) is 12.3. The molecule has 0 aromatic carbocycles. The maximum absolute atomic E-state index is 4.59. The molecule has 5 nitrogen and oxygen atoms in total. The molecule has 0 bridgehead atoms. The Morgan fingerprint density at radius 2 is 1.89 bits per heavy atom. The SMILES string of the molecule is CCNc1cc(-n2nc(C)c(CC)c2C)nc(C)n1. The van der Waals surface area contributed by atoms with Gasteiger partial charge in [0, 0.05) is 18.3 Å². The molecule has 2 heterocycles. The van der Waals surface area contributed by atoms with E-state index in [1.54, 1.807) is 0 Å². The monoisotopic (exact) mass is 259 g/mol. The molecule has 0 fully saturated rings. The zero-order chi connectivity index (χ0) is 14.0. The number of aromatic nitrogens is 4. The Morgan fingerprint density at radius 1 is 1.16 bits per heavy atom. The molecule has 0 radical (unpaired) electrons. The van der Waals surface area contributed by atoms with Crippen LogP contribution in [-0.2, 0) is 6.42 Å². The van der Waals surface area contributed by atoms with Gasteiger partial charge in [-0.05, 0) is 39.7 Å². The van der Waals surface area contributed by atoms with Gasteiger partial charge in [0.05, 0.1) is 5.69 Å². The summed E-state index contributed by atoms with van der Waals surface area (Å²) in [7, 11) is 0.